The van der Waals surface area contributed by atoms with Crippen molar-refractivity contribution >= 4 is 44.0 Å². The number of hydrogen-bond acceptors (Lipinski definition) is 4. The van der Waals surface area contributed by atoms with Gasteiger partial charge in [0.2, 0.25) is 0 Å². The van der Waals surface area contributed by atoms with Crippen LogP contribution in [0.15, 0.2) is 28.2 Å². The van der Waals surface area contributed by atoms with Gasteiger partial charge in [-0.05, 0) is 34.5 Å². The van der Waals surface area contributed by atoms with E-state index < -0.39 is 5.82 Å². The van der Waals surface area contributed by atoms with Gasteiger partial charge in [0.05, 0.1) is 21.2 Å². The van der Waals surface area contributed by atoms with Gasteiger partial charge in [0.1, 0.15) is 5.82 Å². The average molecular weight is 358 g/mol. The first-order valence-corrected chi connectivity index (χ1v) is 7.67. The Balaban J connectivity index is 2.22. The number of carbonyl (C=O) groups excluding carboxylic acids is 1. The van der Waals surface area contributed by atoms with Crippen LogP contribution in [0, 0.1) is 5.82 Å². The molecule has 0 atom stereocenters. The summed E-state index contributed by atoms with van der Waals surface area (Å²) in [5, 5.41) is 6.06. The number of carbonyl (C=O) groups is 1. The fraction of sp³-hybridized carbons (Fsp3) is 0.231. The molecule has 0 saturated heterocycles. The Bertz CT molecular complexity index is 617. The zero-order chi connectivity index (χ0) is 14.5. The number of nitrogens with one attached hydrogen (secondary N) is 2. The molecule has 0 aliphatic rings. The molecule has 0 aliphatic carbocycles. The van der Waals surface area contributed by atoms with Crippen molar-refractivity contribution in [1.29, 1.82) is 0 Å². The van der Waals surface area contributed by atoms with Gasteiger partial charge in [-0.15, -0.1) is 0 Å². The van der Waals surface area contributed by atoms with Gasteiger partial charge in [-0.25, -0.2) is 9.37 Å². The Kier molecular flexibility index (Phi) is 5.08. The molecule has 1 aromatic carbocycles. The SMILES string of the molecule is CCCNc1c(F)cccc1C(=O)Nc1ncc(Br)s1. The number of thiazole rings is 1. The zero-order valence-corrected chi connectivity index (χ0v) is 13.1. The minimum absolute atomic E-state index is 0.225. The number of anilines is 2. The lowest BCUT2D eigenvalue weighted by Gasteiger charge is -2.11. The van der Waals surface area contributed by atoms with Gasteiger partial charge in [0.25, 0.3) is 5.91 Å². The standard InChI is InChI=1S/C13H13BrFN3OS/c1-2-6-16-11-8(4-3-5-9(11)15)12(19)18-13-17-7-10(14)20-13/h3-5,7,16H,2,6H2,1H3,(H,17,18,19). The smallest absolute Gasteiger partial charge is 0.259 e. The second-order valence-electron chi connectivity index (χ2n) is 4.01. The highest BCUT2D eigenvalue weighted by molar-refractivity contribution is 9.11. The van der Waals surface area contributed by atoms with E-state index in [-0.39, 0.29) is 17.2 Å². The van der Waals surface area contributed by atoms with Gasteiger partial charge in [0.15, 0.2) is 5.13 Å². The summed E-state index contributed by atoms with van der Waals surface area (Å²) in [5.41, 5.74) is 0.493. The van der Waals surface area contributed by atoms with E-state index in [1.165, 1.54) is 23.5 Å². The minimum Gasteiger partial charge on any atom is -0.382 e. The number of halogens is 2. The number of para-hydroxylation sites is 1. The molecule has 2 N–H and O–H groups in total. The normalized spacial score (nSPS) is 10.3. The molecule has 2 aromatic rings. The van der Waals surface area contributed by atoms with Crippen LogP contribution in [0.3, 0.4) is 0 Å². The van der Waals surface area contributed by atoms with Crippen LogP contribution in [0.2, 0.25) is 0 Å². The van der Waals surface area contributed by atoms with Crippen LogP contribution < -0.4 is 10.6 Å². The Hall–Kier alpha value is -1.47. The Morgan fingerprint density at radius 2 is 2.30 bits per heavy atom. The van der Waals surface area contributed by atoms with E-state index in [1.807, 2.05) is 6.92 Å². The van der Waals surface area contributed by atoms with E-state index in [0.29, 0.717) is 11.7 Å². The van der Waals surface area contributed by atoms with E-state index >= 15 is 0 Å². The summed E-state index contributed by atoms with van der Waals surface area (Å²) in [6.07, 6.45) is 2.44. The first kappa shape index (κ1) is 14.9. The van der Waals surface area contributed by atoms with Crippen molar-refractivity contribution in [3.63, 3.8) is 0 Å². The zero-order valence-electron chi connectivity index (χ0n) is 10.7. The first-order chi connectivity index (χ1) is 9.61. The van der Waals surface area contributed by atoms with E-state index in [2.05, 4.69) is 31.5 Å². The van der Waals surface area contributed by atoms with Crippen molar-refractivity contribution in [3.05, 3.63) is 39.6 Å². The van der Waals surface area contributed by atoms with E-state index in [0.717, 1.165) is 10.2 Å². The molecule has 0 fully saturated rings. The van der Waals surface area contributed by atoms with Crippen LogP contribution in [0.5, 0.6) is 0 Å². The van der Waals surface area contributed by atoms with Crippen LogP contribution >= 0.6 is 27.3 Å². The summed E-state index contributed by atoms with van der Waals surface area (Å²) in [7, 11) is 0. The second kappa shape index (κ2) is 6.81. The maximum Gasteiger partial charge on any atom is 0.259 e. The molecular weight excluding hydrogens is 345 g/mol. The van der Waals surface area contributed by atoms with Gasteiger partial charge in [-0.3, -0.25) is 10.1 Å². The maximum absolute atomic E-state index is 13.8. The molecule has 0 unspecified atom stereocenters. The monoisotopic (exact) mass is 357 g/mol. The summed E-state index contributed by atoms with van der Waals surface area (Å²) < 4.78 is 14.6. The van der Waals surface area contributed by atoms with Crippen molar-refractivity contribution in [3.8, 4) is 0 Å². The third-order valence-corrected chi connectivity index (χ3v) is 3.90. The number of benzene rings is 1. The lowest BCUT2D eigenvalue weighted by atomic mass is 10.1. The van der Waals surface area contributed by atoms with Crippen molar-refractivity contribution in [2.24, 2.45) is 0 Å². The molecule has 4 nitrogen and oxygen atoms in total. The molecule has 0 spiro atoms. The Morgan fingerprint density at radius 1 is 1.50 bits per heavy atom. The number of hydrogen-bond donors (Lipinski definition) is 2. The summed E-state index contributed by atoms with van der Waals surface area (Å²) in [4.78, 5) is 16.2. The summed E-state index contributed by atoms with van der Waals surface area (Å²) in [6.45, 7) is 2.57. The topological polar surface area (TPSA) is 54.0 Å². The van der Waals surface area contributed by atoms with Gasteiger partial charge in [-0.1, -0.05) is 24.3 Å². The van der Waals surface area contributed by atoms with Crippen LogP contribution in [-0.4, -0.2) is 17.4 Å². The molecule has 2 rings (SSSR count). The number of amides is 1. The minimum atomic E-state index is -0.439. The second-order valence-corrected chi connectivity index (χ2v) is 6.42. The molecule has 20 heavy (non-hydrogen) atoms. The molecule has 1 heterocycles. The molecule has 7 heteroatoms. The number of rotatable bonds is 5. The predicted octanol–water partition coefficient (Wildman–Crippen LogP) is 4.12. The van der Waals surface area contributed by atoms with Crippen LogP contribution in [-0.2, 0) is 0 Å². The number of aromatic nitrogens is 1. The highest BCUT2D eigenvalue weighted by atomic mass is 79.9. The van der Waals surface area contributed by atoms with Gasteiger partial charge in [0, 0.05) is 6.54 Å². The van der Waals surface area contributed by atoms with Crippen molar-refractivity contribution < 1.29 is 9.18 Å². The van der Waals surface area contributed by atoms with Gasteiger partial charge >= 0.3 is 0 Å². The van der Waals surface area contributed by atoms with Crippen molar-refractivity contribution in [1.82, 2.24) is 4.98 Å². The Labute approximate surface area is 128 Å². The summed E-state index contributed by atoms with van der Waals surface area (Å²) in [6, 6.07) is 4.42. The molecule has 0 radical (unpaired) electrons. The molecule has 1 amide bonds. The maximum atomic E-state index is 13.8. The van der Waals surface area contributed by atoms with Gasteiger partial charge in [-0.2, -0.15) is 0 Å². The predicted molar refractivity (Wildman–Crippen MR) is 82.9 cm³/mol. The van der Waals surface area contributed by atoms with Crippen LogP contribution in [0.25, 0.3) is 0 Å². The van der Waals surface area contributed by atoms with Crippen molar-refractivity contribution in [2.45, 2.75) is 13.3 Å². The Morgan fingerprint density at radius 3 is 2.95 bits per heavy atom. The van der Waals surface area contributed by atoms with Crippen molar-refractivity contribution in [2.75, 3.05) is 17.2 Å². The number of nitrogens with zero attached hydrogens (tertiary/aromatic N) is 1. The van der Waals surface area contributed by atoms with Crippen LogP contribution in [0.4, 0.5) is 15.2 Å². The van der Waals surface area contributed by atoms with E-state index in [9.17, 15) is 9.18 Å². The fourth-order valence-electron chi connectivity index (χ4n) is 1.62. The molecule has 0 bridgehead atoms. The molecule has 1 aromatic heterocycles. The molecule has 0 saturated carbocycles. The molecule has 106 valence electrons. The fourth-order valence-corrected chi connectivity index (χ4v) is 2.72. The first-order valence-electron chi connectivity index (χ1n) is 6.07. The summed E-state index contributed by atoms with van der Waals surface area (Å²) >= 11 is 4.57. The van der Waals surface area contributed by atoms with E-state index in [4.69, 9.17) is 0 Å². The lowest BCUT2D eigenvalue weighted by Crippen LogP contribution is -2.16. The van der Waals surface area contributed by atoms with E-state index in [1.54, 1.807) is 12.3 Å². The largest absolute Gasteiger partial charge is 0.382 e. The summed E-state index contributed by atoms with van der Waals surface area (Å²) in [5.74, 6) is -0.823. The highest BCUT2D eigenvalue weighted by Crippen LogP contribution is 2.25. The average Bonchev–Trinajstić information content (AvgIpc) is 2.82. The lowest BCUT2D eigenvalue weighted by molar-refractivity contribution is 0.102. The van der Waals surface area contributed by atoms with Gasteiger partial charge < -0.3 is 5.32 Å². The van der Waals surface area contributed by atoms with Crippen LogP contribution in [0.1, 0.15) is 23.7 Å². The highest BCUT2D eigenvalue weighted by Gasteiger charge is 2.16. The third-order valence-electron chi connectivity index (χ3n) is 2.51. The quantitative estimate of drug-likeness (QED) is 0.846. The molecular formula is C13H13BrFN3OS. The third kappa shape index (κ3) is 3.55. The molecule has 0 aliphatic heterocycles.